The van der Waals surface area contributed by atoms with Gasteiger partial charge in [-0.3, -0.25) is 4.79 Å². The highest BCUT2D eigenvalue weighted by Crippen LogP contribution is 2.23. The van der Waals surface area contributed by atoms with Crippen LogP contribution in [0.3, 0.4) is 0 Å². The summed E-state index contributed by atoms with van der Waals surface area (Å²) in [5, 5.41) is 12.0. The molecule has 0 bridgehead atoms. The van der Waals surface area contributed by atoms with Gasteiger partial charge in [0.25, 0.3) is 5.91 Å². The molecule has 1 atom stereocenters. The molecule has 2 aromatic rings. The lowest BCUT2D eigenvalue weighted by molar-refractivity contribution is 0.0918. The first-order valence-corrected chi connectivity index (χ1v) is 6.86. The molecule has 0 radical (unpaired) electrons. The van der Waals surface area contributed by atoms with Crippen molar-refractivity contribution < 1.29 is 14.3 Å². The molecule has 0 saturated carbocycles. The lowest BCUT2D eigenvalue weighted by atomic mass is 10.0. The fraction of sp³-hybridized carbons (Fsp3) is 0.188. The van der Waals surface area contributed by atoms with Crippen LogP contribution in [0.1, 0.15) is 17.3 Å². The van der Waals surface area contributed by atoms with Gasteiger partial charge in [0.05, 0.1) is 12.2 Å². The molecule has 3 nitrogen and oxygen atoms in total. The zero-order valence-electron chi connectivity index (χ0n) is 11.4. The Kier molecular flexibility index (Phi) is 4.94. The van der Waals surface area contributed by atoms with Gasteiger partial charge in [-0.2, -0.15) is 0 Å². The molecule has 0 spiro atoms. The molecular formula is C16H15ClFNO2. The van der Waals surface area contributed by atoms with E-state index in [9.17, 15) is 9.18 Å². The first-order valence-electron chi connectivity index (χ1n) is 6.48. The van der Waals surface area contributed by atoms with Gasteiger partial charge in [-0.25, -0.2) is 4.39 Å². The van der Waals surface area contributed by atoms with Crippen molar-refractivity contribution in [3.63, 3.8) is 0 Å². The number of hydrogen-bond donors (Lipinski definition) is 2. The van der Waals surface area contributed by atoms with Crippen LogP contribution in [0.5, 0.6) is 0 Å². The summed E-state index contributed by atoms with van der Waals surface area (Å²) in [5.41, 5.74) is 1.43. The highest BCUT2D eigenvalue weighted by Gasteiger charge is 2.14. The molecule has 1 amide bonds. The normalized spacial score (nSPS) is 12.0. The molecule has 0 aliphatic carbocycles. The van der Waals surface area contributed by atoms with E-state index in [0.717, 1.165) is 5.56 Å². The van der Waals surface area contributed by atoms with Crippen LogP contribution in [0.15, 0.2) is 42.5 Å². The second kappa shape index (κ2) is 6.70. The zero-order chi connectivity index (χ0) is 15.4. The van der Waals surface area contributed by atoms with E-state index in [4.69, 9.17) is 16.7 Å². The monoisotopic (exact) mass is 307 g/mol. The van der Waals surface area contributed by atoms with Crippen molar-refractivity contribution in [3.8, 4) is 11.1 Å². The molecule has 0 saturated heterocycles. The van der Waals surface area contributed by atoms with E-state index in [-0.39, 0.29) is 12.2 Å². The van der Waals surface area contributed by atoms with Gasteiger partial charge in [-0.1, -0.05) is 29.8 Å². The van der Waals surface area contributed by atoms with Crippen LogP contribution in [-0.2, 0) is 0 Å². The summed E-state index contributed by atoms with van der Waals surface area (Å²) >= 11 is 5.81. The second-order valence-corrected chi connectivity index (χ2v) is 5.20. The van der Waals surface area contributed by atoms with E-state index in [1.54, 1.807) is 37.3 Å². The van der Waals surface area contributed by atoms with Crippen LogP contribution >= 0.6 is 11.6 Å². The Morgan fingerprint density at radius 1 is 1.24 bits per heavy atom. The van der Waals surface area contributed by atoms with Crippen LogP contribution < -0.4 is 5.32 Å². The van der Waals surface area contributed by atoms with Crippen molar-refractivity contribution in [1.82, 2.24) is 5.32 Å². The molecule has 0 aliphatic rings. The topological polar surface area (TPSA) is 49.3 Å². The smallest absolute Gasteiger partial charge is 0.254 e. The van der Waals surface area contributed by atoms with Crippen molar-refractivity contribution >= 4 is 17.5 Å². The first kappa shape index (κ1) is 15.5. The lowest BCUT2D eigenvalue weighted by Gasteiger charge is -2.12. The first-order chi connectivity index (χ1) is 10.0. The number of nitrogens with one attached hydrogen (secondary N) is 1. The molecule has 2 rings (SSSR count). The Hall–Kier alpha value is -1.91. The van der Waals surface area contributed by atoms with Crippen LogP contribution in [0.2, 0.25) is 5.02 Å². The van der Waals surface area contributed by atoms with Gasteiger partial charge in [0, 0.05) is 11.1 Å². The summed E-state index contributed by atoms with van der Waals surface area (Å²) in [4.78, 5) is 11.8. The van der Waals surface area contributed by atoms with Crippen LogP contribution in [0, 0.1) is 5.82 Å². The number of hydrogen-bond acceptors (Lipinski definition) is 2. The minimum atomic E-state index is -0.606. The van der Waals surface area contributed by atoms with E-state index in [0.29, 0.717) is 10.6 Å². The van der Waals surface area contributed by atoms with Gasteiger partial charge in [-0.15, -0.1) is 0 Å². The molecule has 2 aromatic carbocycles. The van der Waals surface area contributed by atoms with Crippen LogP contribution in [0.4, 0.5) is 4.39 Å². The number of aliphatic hydroxyl groups excluding tert-OH is 1. The molecule has 21 heavy (non-hydrogen) atoms. The van der Waals surface area contributed by atoms with Crippen molar-refractivity contribution in [2.45, 2.75) is 13.0 Å². The number of rotatable bonds is 4. The average molecular weight is 308 g/mol. The third-order valence-corrected chi connectivity index (χ3v) is 3.29. The molecular weight excluding hydrogens is 293 g/mol. The van der Waals surface area contributed by atoms with E-state index >= 15 is 0 Å². The number of benzene rings is 2. The molecule has 5 heteroatoms. The van der Waals surface area contributed by atoms with Crippen LogP contribution in [0.25, 0.3) is 11.1 Å². The number of amides is 1. The largest absolute Gasteiger partial charge is 0.394 e. The summed E-state index contributed by atoms with van der Waals surface area (Å²) < 4.78 is 14.1. The predicted molar refractivity (Wildman–Crippen MR) is 80.9 cm³/mol. The molecule has 0 aliphatic heterocycles. The fourth-order valence-corrected chi connectivity index (χ4v) is 1.99. The number of aliphatic hydroxyl groups is 1. The quantitative estimate of drug-likeness (QED) is 0.911. The third kappa shape index (κ3) is 3.80. The van der Waals surface area contributed by atoms with Crippen molar-refractivity contribution in [1.29, 1.82) is 0 Å². The van der Waals surface area contributed by atoms with Crippen LogP contribution in [-0.4, -0.2) is 23.7 Å². The fourth-order valence-electron chi connectivity index (χ4n) is 1.87. The van der Waals surface area contributed by atoms with Crippen molar-refractivity contribution in [3.05, 3.63) is 58.9 Å². The van der Waals surface area contributed by atoms with E-state index in [1.807, 2.05) is 0 Å². The SMILES string of the molecule is CC(CO)NC(=O)c1ccc(-c2ccc(Cl)cc2)cc1F. The standard InChI is InChI=1S/C16H15ClFNO2/c1-10(9-20)19-16(21)14-7-4-12(8-15(14)18)11-2-5-13(17)6-3-11/h2-8,10,20H,9H2,1H3,(H,19,21). The molecule has 0 heterocycles. The molecule has 1 unspecified atom stereocenters. The Bertz CT molecular complexity index is 643. The third-order valence-electron chi connectivity index (χ3n) is 3.04. The van der Waals surface area contributed by atoms with Gasteiger partial charge in [0.1, 0.15) is 5.82 Å². The highest BCUT2D eigenvalue weighted by atomic mass is 35.5. The minimum absolute atomic E-state index is 0.0481. The maximum absolute atomic E-state index is 14.1. The Labute approximate surface area is 127 Å². The summed E-state index contributed by atoms with van der Waals surface area (Å²) in [7, 11) is 0. The molecule has 110 valence electrons. The van der Waals surface area contributed by atoms with Gasteiger partial charge >= 0.3 is 0 Å². The minimum Gasteiger partial charge on any atom is -0.394 e. The molecule has 0 aromatic heterocycles. The molecule has 2 N–H and O–H groups in total. The summed E-state index contributed by atoms with van der Waals surface area (Å²) in [6.45, 7) is 1.44. The van der Waals surface area contributed by atoms with Gasteiger partial charge in [0.2, 0.25) is 0 Å². The Balaban J connectivity index is 2.25. The summed E-state index contributed by atoms with van der Waals surface area (Å²) in [6, 6.07) is 11.0. The average Bonchev–Trinajstić information content (AvgIpc) is 2.47. The highest BCUT2D eigenvalue weighted by molar-refractivity contribution is 6.30. The predicted octanol–water partition coefficient (Wildman–Crippen LogP) is 3.26. The van der Waals surface area contributed by atoms with Crippen molar-refractivity contribution in [2.24, 2.45) is 0 Å². The van der Waals surface area contributed by atoms with Gasteiger partial charge in [-0.05, 0) is 42.3 Å². The number of carbonyl (C=O) groups excluding carboxylic acids is 1. The maximum Gasteiger partial charge on any atom is 0.254 e. The second-order valence-electron chi connectivity index (χ2n) is 4.76. The Morgan fingerprint density at radius 3 is 2.43 bits per heavy atom. The number of carbonyl (C=O) groups is 1. The van der Waals surface area contributed by atoms with Gasteiger partial charge < -0.3 is 10.4 Å². The maximum atomic E-state index is 14.1. The van der Waals surface area contributed by atoms with Crippen molar-refractivity contribution in [2.75, 3.05) is 6.61 Å². The number of halogens is 2. The molecule has 0 fully saturated rings. The van der Waals surface area contributed by atoms with E-state index in [2.05, 4.69) is 5.32 Å². The summed E-state index contributed by atoms with van der Waals surface area (Å²) in [6.07, 6.45) is 0. The van der Waals surface area contributed by atoms with Gasteiger partial charge in [0.15, 0.2) is 0 Å². The lowest BCUT2D eigenvalue weighted by Crippen LogP contribution is -2.35. The summed E-state index contributed by atoms with van der Waals surface area (Å²) in [5.74, 6) is -1.15. The Morgan fingerprint density at radius 2 is 1.86 bits per heavy atom. The van der Waals surface area contributed by atoms with E-state index < -0.39 is 17.8 Å². The zero-order valence-corrected chi connectivity index (χ0v) is 12.2. The van der Waals surface area contributed by atoms with E-state index in [1.165, 1.54) is 12.1 Å².